The zero-order chi connectivity index (χ0) is 19.5. The molecule has 1 N–H and O–H groups in total. The zero-order valence-corrected chi connectivity index (χ0v) is 15.2. The fourth-order valence-corrected chi connectivity index (χ4v) is 3.03. The molecule has 2 aromatic heterocycles. The van der Waals surface area contributed by atoms with Crippen molar-refractivity contribution in [1.29, 1.82) is 0 Å². The molecular formula is C22H18FN3O2. The molecule has 2 heterocycles. The topological polar surface area (TPSA) is 55.6 Å². The van der Waals surface area contributed by atoms with Gasteiger partial charge in [-0.25, -0.2) is 9.37 Å². The van der Waals surface area contributed by atoms with Crippen LogP contribution in [-0.2, 0) is 11.2 Å². The van der Waals surface area contributed by atoms with Crippen molar-refractivity contribution in [2.45, 2.75) is 6.42 Å². The van der Waals surface area contributed by atoms with Crippen molar-refractivity contribution in [3.05, 3.63) is 84.3 Å². The first-order valence-corrected chi connectivity index (χ1v) is 8.80. The van der Waals surface area contributed by atoms with Crippen LogP contribution in [0.25, 0.3) is 16.9 Å². The van der Waals surface area contributed by atoms with Gasteiger partial charge in [-0.05, 0) is 54.1 Å². The van der Waals surface area contributed by atoms with Crippen LogP contribution >= 0.6 is 0 Å². The largest absolute Gasteiger partial charge is 0.497 e. The van der Waals surface area contributed by atoms with Crippen LogP contribution in [-0.4, -0.2) is 22.4 Å². The van der Waals surface area contributed by atoms with Crippen LogP contribution in [0.5, 0.6) is 5.75 Å². The number of ether oxygens (including phenoxy) is 1. The molecule has 0 atom stereocenters. The van der Waals surface area contributed by atoms with Crippen LogP contribution in [0.4, 0.5) is 10.2 Å². The number of anilines is 1. The van der Waals surface area contributed by atoms with Crippen molar-refractivity contribution in [1.82, 2.24) is 9.38 Å². The van der Waals surface area contributed by atoms with Gasteiger partial charge in [-0.15, -0.1) is 0 Å². The summed E-state index contributed by atoms with van der Waals surface area (Å²) in [5.74, 6) is 0.807. The van der Waals surface area contributed by atoms with E-state index in [1.807, 2.05) is 53.1 Å². The summed E-state index contributed by atoms with van der Waals surface area (Å²) in [6, 6.07) is 19.0. The second-order valence-corrected chi connectivity index (χ2v) is 6.32. The fourth-order valence-electron chi connectivity index (χ4n) is 3.03. The molecule has 5 nitrogen and oxygen atoms in total. The maximum absolute atomic E-state index is 13.3. The minimum absolute atomic E-state index is 0.167. The normalized spacial score (nSPS) is 10.8. The maximum Gasteiger partial charge on any atom is 0.229 e. The lowest BCUT2D eigenvalue weighted by Gasteiger charge is -2.08. The first-order chi connectivity index (χ1) is 13.6. The van der Waals surface area contributed by atoms with Gasteiger partial charge in [0.15, 0.2) is 0 Å². The van der Waals surface area contributed by atoms with E-state index in [9.17, 15) is 9.18 Å². The smallest absolute Gasteiger partial charge is 0.229 e. The van der Waals surface area contributed by atoms with E-state index in [1.54, 1.807) is 19.2 Å². The lowest BCUT2D eigenvalue weighted by atomic mass is 10.1. The molecule has 0 saturated carbocycles. The summed E-state index contributed by atoms with van der Waals surface area (Å²) in [4.78, 5) is 17.3. The van der Waals surface area contributed by atoms with Gasteiger partial charge in [0.2, 0.25) is 5.91 Å². The van der Waals surface area contributed by atoms with Crippen molar-refractivity contribution in [3.63, 3.8) is 0 Å². The zero-order valence-electron chi connectivity index (χ0n) is 15.2. The Morgan fingerprint density at radius 2 is 1.82 bits per heavy atom. The summed E-state index contributed by atoms with van der Waals surface area (Å²) in [5, 5.41) is 2.96. The number of nitrogens with one attached hydrogen (secondary N) is 1. The number of methoxy groups -OCH3 is 1. The number of amides is 1. The second-order valence-electron chi connectivity index (χ2n) is 6.32. The van der Waals surface area contributed by atoms with Crippen LogP contribution in [0.2, 0.25) is 0 Å². The van der Waals surface area contributed by atoms with E-state index in [4.69, 9.17) is 4.74 Å². The molecule has 0 aliphatic heterocycles. The number of carbonyl (C=O) groups is 1. The average Bonchev–Trinajstić information content (AvgIpc) is 3.07. The molecule has 0 aliphatic carbocycles. The number of pyridine rings is 1. The number of hydrogen-bond acceptors (Lipinski definition) is 3. The number of fused-ring (bicyclic) bond motifs is 1. The van der Waals surface area contributed by atoms with Crippen LogP contribution in [0.1, 0.15) is 5.56 Å². The van der Waals surface area contributed by atoms with Crippen molar-refractivity contribution in [2.75, 3.05) is 12.4 Å². The van der Waals surface area contributed by atoms with Gasteiger partial charge >= 0.3 is 0 Å². The van der Waals surface area contributed by atoms with Gasteiger partial charge < -0.3 is 10.1 Å². The summed E-state index contributed by atoms with van der Waals surface area (Å²) in [6.07, 6.45) is 2.05. The number of hydrogen-bond donors (Lipinski definition) is 1. The molecule has 28 heavy (non-hydrogen) atoms. The second kappa shape index (κ2) is 7.52. The molecular weight excluding hydrogens is 357 g/mol. The standard InChI is InChI=1S/C22H18FN3O2/c1-28-18-11-5-15(6-12-18)14-20(27)25-22-21(16-7-9-17(23)10-8-16)24-19-4-2-3-13-26(19)22/h2-13H,14H2,1H3,(H,25,27). The summed E-state index contributed by atoms with van der Waals surface area (Å²) >= 11 is 0. The highest BCUT2D eigenvalue weighted by molar-refractivity contribution is 5.95. The Kier molecular flexibility index (Phi) is 4.76. The molecule has 0 saturated heterocycles. The predicted octanol–water partition coefficient (Wildman–Crippen LogP) is 4.33. The molecule has 0 aliphatic rings. The third kappa shape index (κ3) is 3.57. The molecule has 6 heteroatoms. The SMILES string of the molecule is COc1ccc(CC(=O)Nc2c(-c3ccc(F)cc3)nc3ccccn23)cc1. The first kappa shape index (κ1) is 17.7. The van der Waals surface area contributed by atoms with Crippen LogP contribution in [0, 0.1) is 5.82 Å². The average molecular weight is 375 g/mol. The predicted molar refractivity (Wildman–Crippen MR) is 106 cm³/mol. The van der Waals surface area contributed by atoms with E-state index >= 15 is 0 Å². The van der Waals surface area contributed by atoms with E-state index in [-0.39, 0.29) is 18.1 Å². The number of imidazole rings is 1. The van der Waals surface area contributed by atoms with Gasteiger partial charge in [-0.2, -0.15) is 0 Å². The van der Waals surface area contributed by atoms with E-state index in [2.05, 4.69) is 10.3 Å². The van der Waals surface area contributed by atoms with Gasteiger partial charge in [-0.3, -0.25) is 9.20 Å². The van der Waals surface area contributed by atoms with Crippen LogP contribution in [0.3, 0.4) is 0 Å². The van der Waals surface area contributed by atoms with E-state index < -0.39 is 0 Å². The molecule has 2 aromatic carbocycles. The van der Waals surface area contributed by atoms with E-state index in [0.29, 0.717) is 17.2 Å². The molecule has 0 fully saturated rings. The highest BCUT2D eigenvalue weighted by Crippen LogP contribution is 2.29. The maximum atomic E-state index is 13.3. The lowest BCUT2D eigenvalue weighted by molar-refractivity contribution is -0.115. The van der Waals surface area contributed by atoms with Crippen molar-refractivity contribution < 1.29 is 13.9 Å². The number of carbonyl (C=O) groups excluding carboxylic acids is 1. The molecule has 0 spiro atoms. The summed E-state index contributed by atoms with van der Waals surface area (Å²) in [5.41, 5.74) is 2.89. The Bertz CT molecular complexity index is 1120. The lowest BCUT2D eigenvalue weighted by Crippen LogP contribution is -2.16. The van der Waals surface area contributed by atoms with E-state index in [0.717, 1.165) is 16.9 Å². The number of benzene rings is 2. The Balaban J connectivity index is 1.65. The molecule has 0 bridgehead atoms. The van der Waals surface area contributed by atoms with Crippen molar-refractivity contribution >= 4 is 17.4 Å². The molecule has 140 valence electrons. The first-order valence-electron chi connectivity index (χ1n) is 8.80. The summed E-state index contributed by atoms with van der Waals surface area (Å²) in [7, 11) is 1.60. The van der Waals surface area contributed by atoms with Gasteiger partial charge in [0, 0.05) is 11.8 Å². The molecule has 0 unspecified atom stereocenters. The number of rotatable bonds is 5. The van der Waals surface area contributed by atoms with Crippen molar-refractivity contribution in [2.24, 2.45) is 0 Å². The number of halogens is 1. The number of aromatic nitrogens is 2. The monoisotopic (exact) mass is 375 g/mol. The molecule has 4 rings (SSSR count). The van der Waals surface area contributed by atoms with Gasteiger partial charge in [0.1, 0.15) is 28.7 Å². The molecule has 0 radical (unpaired) electrons. The van der Waals surface area contributed by atoms with Gasteiger partial charge in [0.25, 0.3) is 0 Å². The quantitative estimate of drug-likeness (QED) is 0.565. The van der Waals surface area contributed by atoms with Crippen LogP contribution in [0.15, 0.2) is 72.9 Å². The Hall–Kier alpha value is -3.67. The van der Waals surface area contributed by atoms with Crippen molar-refractivity contribution in [3.8, 4) is 17.0 Å². The third-order valence-electron chi connectivity index (χ3n) is 4.43. The molecule has 1 amide bonds. The van der Waals surface area contributed by atoms with Gasteiger partial charge in [0.05, 0.1) is 13.5 Å². The highest BCUT2D eigenvalue weighted by atomic mass is 19.1. The summed E-state index contributed by atoms with van der Waals surface area (Å²) < 4.78 is 20.3. The summed E-state index contributed by atoms with van der Waals surface area (Å²) in [6.45, 7) is 0. The molecule has 4 aromatic rings. The minimum Gasteiger partial charge on any atom is -0.497 e. The van der Waals surface area contributed by atoms with Gasteiger partial charge in [-0.1, -0.05) is 18.2 Å². The number of nitrogens with zero attached hydrogens (tertiary/aromatic N) is 2. The van der Waals surface area contributed by atoms with Crippen LogP contribution < -0.4 is 10.1 Å². The Morgan fingerprint density at radius 3 is 2.54 bits per heavy atom. The van der Waals surface area contributed by atoms with E-state index in [1.165, 1.54) is 12.1 Å². The fraction of sp³-hybridized carbons (Fsp3) is 0.0909. The Labute approximate surface area is 161 Å². The third-order valence-corrected chi connectivity index (χ3v) is 4.43. The Morgan fingerprint density at radius 1 is 1.07 bits per heavy atom. The highest BCUT2D eigenvalue weighted by Gasteiger charge is 2.16. The minimum atomic E-state index is -0.322.